The Morgan fingerprint density at radius 2 is 1.71 bits per heavy atom. The average molecular weight is 282 g/mol. The van der Waals surface area contributed by atoms with Crippen molar-refractivity contribution in [3.05, 3.63) is 69.2 Å². The third-order valence-electron chi connectivity index (χ3n) is 3.99. The molecule has 0 saturated heterocycles. The van der Waals surface area contributed by atoms with Crippen LogP contribution in [0, 0.1) is 5.21 Å². The van der Waals surface area contributed by atoms with E-state index in [-0.39, 0.29) is 16.5 Å². The molecule has 1 aliphatic rings. The Kier molecular flexibility index (Phi) is 2.44. The highest BCUT2D eigenvalue weighted by Crippen LogP contribution is 2.24. The van der Waals surface area contributed by atoms with Gasteiger partial charge in [0.15, 0.2) is 0 Å². The van der Waals surface area contributed by atoms with Crippen LogP contribution in [0.5, 0.6) is 0 Å². The Morgan fingerprint density at radius 1 is 1.05 bits per heavy atom. The van der Waals surface area contributed by atoms with E-state index in [1.54, 1.807) is 10.7 Å². The highest BCUT2D eigenvalue weighted by molar-refractivity contribution is 5.83. The summed E-state index contributed by atoms with van der Waals surface area (Å²) in [5.74, 6) is 0. The minimum Gasteiger partial charge on any atom is -0.733 e. The first-order chi connectivity index (χ1) is 10.1. The van der Waals surface area contributed by atoms with Crippen LogP contribution >= 0.6 is 0 Å². The summed E-state index contributed by atoms with van der Waals surface area (Å²) in [6, 6.07) is 12.6. The lowest BCUT2D eigenvalue weighted by atomic mass is 10.1. The van der Waals surface area contributed by atoms with Crippen molar-refractivity contribution in [3.8, 4) is 0 Å². The summed E-state index contributed by atoms with van der Waals surface area (Å²) in [6.07, 6.45) is 0. The Morgan fingerprint density at radius 3 is 2.38 bits per heavy atom. The highest BCUT2D eigenvalue weighted by atomic mass is 16.8. The van der Waals surface area contributed by atoms with Crippen LogP contribution in [0.4, 0.5) is 5.69 Å². The summed E-state index contributed by atoms with van der Waals surface area (Å²) in [5, 5.41) is 20.2. The summed E-state index contributed by atoms with van der Waals surface area (Å²) in [5.41, 5.74) is 2.98. The molecule has 1 aliphatic heterocycles. The number of anilines is 1. The third-order valence-corrected chi connectivity index (χ3v) is 3.99. The molecular weight excluding hydrogens is 270 g/mol. The van der Waals surface area contributed by atoms with Crippen molar-refractivity contribution in [2.24, 2.45) is 0 Å². The van der Waals surface area contributed by atoms with E-state index < -0.39 is 0 Å². The van der Waals surface area contributed by atoms with Gasteiger partial charge in [-0.3, -0.25) is 14.7 Å². The second-order valence-electron chi connectivity index (χ2n) is 5.16. The van der Waals surface area contributed by atoms with E-state index >= 15 is 0 Å². The normalized spacial score (nSPS) is 13.0. The molecule has 0 radical (unpaired) electrons. The molecule has 0 amide bonds. The maximum absolute atomic E-state index is 12.5. The fourth-order valence-corrected chi connectivity index (χ4v) is 2.93. The molecule has 1 aromatic heterocycles. The third kappa shape index (κ3) is 1.70. The zero-order valence-corrected chi connectivity index (χ0v) is 11.1. The molecule has 6 nitrogen and oxygen atoms in total. The van der Waals surface area contributed by atoms with Gasteiger partial charge in [-0.25, -0.2) is 4.68 Å². The fraction of sp³-hybridized carbons (Fsp3) is 0.133. The fourth-order valence-electron chi connectivity index (χ4n) is 2.93. The minimum atomic E-state index is -0.227. The van der Waals surface area contributed by atoms with Gasteiger partial charge in [-0.05, 0) is 29.3 Å². The molecule has 0 aliphatic carbocycles. The number of hydrogen-bond acceptors (Lipinski definition) is 4. The van der Waals surface area contributed by atoms with Crippen LogP contribution in [0.1, 0.15) is 11.1 Å². The predicted octanol–water partition coefficient (Wildman–Crippen LogP) is 1.91. The molecule has 21 heavy (non-hydrogen) atoms. The van der Waals surface area contributed by atoms with Gasteiger partial charge in [0.05, 0.1) is 29.7 Å². The Hall–Kier alpha value is -2.57. The summed E-state index contributed by atoms with van der Waals surface area (Å²) < 4.78 is 3.58. The van der Waals surface area contributed by atoms with Crippen LogP contribution in [0.3, 0.4) is 0 Å². The first-order valence-corrected chi connectivity index (χ1v) is 6.61. The topological polar surface area (TPSA) is 73.5 Å². The van der Waals surface area contributed by atoms with Crippen LogP contribution in [0.25, 0.3) is 10.9 Å². The number of benzene rings is 2. The van der Waals surface area contributed by atoms with Crippen LogP contribution in [0.15, 0.2) is 47.3 Å². The van der Waals surface area contributed by atoms with Crippen LogP contribution in [0.2, 0.25) is 0 Å². The molecule has 0 spiro atoms. The number of hydrogen-bond donors (Lipinski definition) is 1. The van der Waals surface area contributed by atoms with Crippen molar-refractivity contribution in [1.82, 2.24) is 9.36 Å². The summed E-state index contributed by atoms with van der Waals surface area (Å²) >= 11 is 0. The van der Waals surface area contributed by atoms with E-state index in [9.17, 15) is 10.0 Å². The quantitative estimate of drug-likeness (QED) is 0.541. The molecular formula is C15H12N3O3-. The number of rotatable bonds is 1. The maximum Gasteiger partial charge on any atom is 0.274 e. The van der Waals surface area contributed by atoms with Crippen molar-refractivity contribution >= 4 is 16.6 Å². The van der Waals surface area contributed by atoms with E-state index in [4.69, 9.17) is 5.21 Å². The first kappa shape index (κ1) is 12.2. The van der Waals surface area contributed by atoms with Crippen LogP contribution < -0.4 is 10.8 Å². The van der Waals surface area contributed by atoms with Gasteiger partial charge in [0, 0.05) is 0 Å². The smallest absolute Gasteiger partial charge is 0.274 e. The van der Waals surface area contributed by atoms with Crippen molar-refractivity contribution in [2.75, 3.05) is 5.23 Å². The molecule has 0 fully saturated rings. The van der Waals surface area contributed by atoms with E-state index in [2.05, 4.69) is 6.07 Å². The minimum absolute atomic E-state index is 0.0562. The lowest BCUT2D eigenvalue weighted by molar-refractivity contribution is 0.296. The zero-order valence-electron chi connectivity index (χ0n) is 11.1. The molecule has 2 heterocycles. The van der Waals surface area contributed by atoms with Crippen molar-refractivity contribution in [2.45, 2.75) is 13.1 Å². The molecule has 0 saturated carbocycles. The molecule has 0 bridgehead atoms. The number of fused-ring (bicyclic) bond motifs is 4. The monoisotopic (exact) mass is 282 g/mol. The predicted molar refractivity (Wildman–Crippen MR) is 78.5 cm³/mol. The molecule has 4 rings (SSSR count). The van der Waals surface area contributed by atoms with E-state index in [0.29, 0.717) is 18.5 Å². The molecule has 6 heteroatoms. The lowest BCUT2D eigenvalue weighted by Gasteiger charge is -2.22. The molecule has 106 valence electrons. The highest BCUT2D eigenvalue weighted by Gasteiger charge is 2.19. The Balaban J connectivity index is 1.97. The van der Waals surface area contributed by atoms with Gasteiger partial charge in [-0.15, -0.1) is 0 Å². The lowest BCUT2D eigenvalue weighted by Crippen LogP contribution is -2.28. The van der Waals surface area contributed by atoms with Crippen molar-refractivity contribution in [1.29, 1.82) is 0 Å². The van der Waals surface area contributed by atoms with Gasteiger partial charge in [-0.2, -0.15) is 0 Å². The number of nitrogens with zero attached hydrogens (tertiary/aromatic N) is 3. The molecule has 0 unspecified atom stereocenters. The van der Waals surface area contributed by atoms with Gasteiger partial charge in [0.2, 0.25) is 0 Å². The Bertz CT molecular complexity index is 908. The Labute approximate surface area is 119 Å². The second-order valence-corrected chi connectivity index (χ2v) is 5.16. The summed E-state index contributed by atoms with van der Waals surface area (Å²) in [7, 11) is 0. The average Bonchev–Trinajstić information content (AvgIpc) is 2.77. The van der Waals surface area contributed by atoms with E-state index in [0.717, 1.165) is 11.1 Å². The van der Waals surface area contributed by atoms with Gasteiger partial charge in [0.1, 0.15) is 0 Å². The van der Waals surface area contributed by atoms with E-state index in [1.807, 2.05) is 22.9 Å². The summed E-state index contributed by atoms with van der Waals surface area (Å²) in [4.78, 5) is 12.5. The van der Waals surface area contributed by atoms with Crippen LogP contribution in [-0.2, 0) is 13.1 Å². The summed E-state index contributed by atoms with van der Waals surface area (Å²) in [6.45, 7) is 1.13. The second kappa shape index (κ2) is 4.21. The van der Waals surface area contributed by atoms with Gasteiger partial charge in [-0.1, -0.05) is 24.3 Å². The standard InChI is InChI=1S/C15H12N3O3/c19-15-13-7-12(18(20)21)5-6-14(13)16-8-10-3-1-2-4-11(10)9-17(15)16/h1-7,20H,8-9H2/q-1. The van der Waals surface area contributed by atoms with Crippen LogP contribution in [-0.4, -0.2) is 14.6 Å². The van der Waals surface area contributed by atoms with Gasteiger partial charge < -0.3 is 10.4 Å². The van der Waals surface area contributed by atoms with Gasteiger partial charge in [0.25, 0.3) is 5.56 Å². The van der Waals surface area contributed by atoms with Gasteiger partial charge >= 0.3 is 0 Å². The van der Waals surface area contributed by atoms with Crippen molar-refractivity contribution < 1.29 is 5.21 Å². The zero-order chi connectivity index (χ0) is 14.6. The van der Waals surface area contributed by atoms with E-state index in [1.165, 1.54) is 17.7 Å². The molecule has 2 aromatic carbocycles. The molecule has 3 aromatic rings. The molecule has 1 N–H and O–H groups in total. The first-order valence-electron chi connectivity index (χ1n) is 6.61. The number of aromatic nitrogens is 2. The SMILES string of the molecule is O=c1c2cc(N([O-])O)ccc2n2n1Cc1ccccc1C2. The molecule has 0 atom stereocenters. The largest absolute Gasteiger partial charge is 0.733 e. The maximum atomic E-state index is 12.5. The van der Waals surface area contributed by atoms with Crippen molar-refractivity contribution in [3.63, 3.8) is 0 Å².